The van der Waals surface area contributed by atoms with E-state index in [9.17, 15) is 4.79 Å². The summed E-state index contributed by atoms with van der Waals surface area (Å²) in [5, 5.41) is 19.5. The van der Waals surface area contributed by atoms with Crippen LogP contribution in [0.25, 0.3) is 5.82 Å². The first-order valence-corrected chi connectivity index (χ1v) is 10.1. The maximum absolute atomic E-state index is 12.9. The lowest BCUT2D eigenvalue weighted by Crippen LogP contribution is -2.24. The number of amides is 1. The summed E-state index contributed by atoms with van der Waals surface area (Å²) < 4.78 is 16.6. The minimum absolute atomic E-state index is 0.0151. The van der Waals surface area contributed by atoms with Crippen molar-refractivity contribution < 1.29 is 18.9 Å². The second-order valence-corrected chi connectivity index (χ2v) is 7.27. The van der Waals surface area contributed by atoms with E-state index < -0.39 is 5.91 Å². The number of rotatable bonds is 7. The van der Waals surface area contributed by atoms with Crippen LogP contribution in [0.15, 0.2) is 58.3 Å². The van der Waals surface area contributed by atoms with Gasteiger partial charge in [-0.3, -0.25) is 4.79 Å². The fourth-order valence-electron chi connectivity index (χ4n) is 3.34. The summed E-state index contributed by atoms with van der Waals surface area (Å²) in [6.07, 6.45) is 1.49. The predicted molar refractivity (Wildman–Crippen MR) is 120 cm³/mol. The molecule has 2 aromatic heterocycles. The lowest BCUT2D eigenvalue weighted by atomic mass is 10.2. The largest absolute Gasteiger partial charge is 0.454 e. The number of anilines is 2. The highest BCUT2D eigenvalue weighted by Gasteiger charge is 2.25. The number of fused-ring (bicyclic) bond motifs is 1. The molecule has 0 saturated heterocycles. The van der Waals surface area contributed by atoms with Gasteiger partial charge in [0.05, 0.1) is 18.5 Å². The highest BCUT2D eigenvalue weighted by atomic mass is 16.7. The molecule has 13 heteroatoms. The van der Waals surface area contributed by atoms with Crippen LogP contribution < -0.4 is 25.5 Å². The van der Waals surface area contributed by atoms with Crippen molar-refractivity contribution in [1.29, 1.82) is 0 Å². The van der Waals surface area contributed by atoms with Gasteiger partial charge in [-0.1, -0.05) is 23.4 Å². The molecule has 0 radical (unpaired) electrons. The van der Waals surface area contributed by atoms with Crippen molar-refractivity contribution in [2.75, 3.05) is 24.5 Å². The Bertz CT molecular complexity index is 1350. The molecule has 3 heterocycles. The molecule has 5 rings (SSSR count). The number of carbonyl (C=O) groups excluding carboxylic acids is 1. The van der Waals surface area contributed by atoms with E-state index in [1.165, 1.54) is 10.9 Å². The Hall–Kier alpha value is -4.94. The van der Waals surface area contributed by atoms with E-state index in [1.54, 1.807) is 18.2 Å². The Morgan fingerprint density at radius 2 is 2.03 bits per heavy atom. The molecule has 13 nitrogen and oxygen atoms in total. The minimum atomic E-state index is -0.560. The first-order chi connectivity index (χ1) is 16.6. The van der Waals surface area contributed by atoms with Crippen LogP contribution >= 0.6 is 0 Å². The Morgan fingerprint density at radius 1 is 1.21 bits per heavy atom. The number of para-hydroxylation sites is 1. The zero-order valence-electron chi connectivity index (χ0n) is 18.0. The van der Waals surface area contributed by atoms with Crippen molar-refractivity contribution in [1.82, 2.24) is 30.7 Å². The van der Waals surface area contributed by atoms with Gasteiger partial charge in [-0.25, -0.2) is 10.1 Å². The lowest BCUT2D eigenvalue weighted by molar-refractivity contribution is 0.0949. The molecule has 0 fully saturated rings. The molecule has 1 aliphatic rings. The number of hydrogen-bond donors (Lipinski definition) is 2. The molecular weight excluding hydrogens is 442 g/mol. The Labute approximate surface area is 192 Å². The van der Waals surface area contributed by atoms with Crippen LogP contribution in [0, 0.1) is 0 Å². The average molecular weight is 461 g/mol. The number of ether oxygens (including phenoxy) is 2. The SMILES string of the molecule is CN(Cc1c(C(=O)N/N=C\c2ccc3c(c2)OCO3)nnn1-c1nonc1N)c1ccccc1. The topological polar surface area (TPSA) is 159 Å². The average Bonchev–Trinajstić information content (AvgIpc) is 3.59. The van der Waals surface area contributed by atoms with E-state index in [0.717, 1.165) is 11.3 Å². The first kappa shape index (κ1) is 20.9. The maximum atomic E-state index is 12.9. The van der Waals surface area contributed by atoms with Crippen LogP contribution in [-0.2, 0) is 6.54 Å². The van der Waals surface area contributed by atoms with Crippen molar-refractivity contribution in [2.24, 2.45) is 5.10 Å². The molecule has 1 aliphatic heterocycles. The van der Waals surface area contributed by atoms with Crippen molar-refractivity contribution >= 4 is 23.6 Å². The number of hydrazone groups is 1. The molecule has 0 bridgehead atoms. The second kappa shape index (κ2) is 8.90. The summed E-state index contributed by atoms with van der Waals surface area (Å²) in [4.78, 5) is 14.9. The van der Waals surface area contributed by atoms with Crippen molar-refractivity contribution in [2.45, 2.75) is 6.54 Å². The molecule has 3 N–H and O–H groups in total. The number of benzene rings is 2. The monoisotopic (exact) mass is 461 g/mol. The van der Waals surface area contributed by atoms with E-state index in [1.807, 2.05) is 42.3 Å². The molecule has 2 aromatic carbocycles. The van der Waals surface area contributed by atoms with Gasteiger partial charge in [0, 0.05) is 12.7 Å². The Balaban J connectivity index is 1.39. The summed E-state index contributed by atoms with van der Waals surface area (Å²) in [6, 6.07) is 15.0. The summed E-state index contributed by atoms with van der Waals surface area (Å²) in [5.74, 6) is 0.859. The quantitative estimate of drug-likeness (QED) is 0.304. The molecular formula is C21H19N9O4. The minimum Gasteiger partial charge on any atom is -0.454 e. The van der Waals surface area contributed by atoms with E-state index in [2.05, 4.69) is 35.8 Å². The van der Waals surface area contributed by atoms with Crippen LogP contribution in [0.4, 0.5) is 11.5 Å². The van der Waals surface area contributed by atoms with E-state index >= 15 is 0 Å². The highest BCUT2D eigenvalue weighted by Crippen LogP contribution is 2.32. The standard InChI is InChI=1S/C21H19N9O4/c1-29(14-5-3-2-4-6-14)11-15-18(24-28-30(15)20-19(22)26-34-27-20)21(31)25-23-10-13-7-8-16-17(9-13)33-12-32-16/h2-10H,11-12H2,1H3,(H2,22,26)(H,25,31)/b23-10-. The van der Waals surface area contributed by atoms with Crippen molar-refractivity contribution in [3.8, 4) is 17.3 Å². The third-order valence-corrected chi connectivity index (χ3v) is 5.03. The van der Waals surface area contributed by atoms with Crippen LogP contribution in [0.5, 0.6) is 11.5 Å². The number of nitrogens with one attached hydrogen (secondary N) is 1. The number of hydrogen-bond acceptors (Lipinski definition) is 11. The Morgan fingerprint density at radius 3 is 2.82 bits per heavy atom. The van der Waals surface area contributed by atoms with Gasteiger partial charge in [-0.2, -0.15) is 9.78 Å². The number of nitrogen functional groups attached to an aromatic ring is 1. The normalized spacial score (nSPS) is 12.3. The number of aromatic nitrogens is 5. The molecule has 0 atom stereocenters. The number of nitrogens with two attached hydrogens (primary N) is 1. The van der Waals surface area contributed by atoms with Crippen molar-refractivity contribution in [3.05, 3.63) is 65.5 Å². The molecule has 34 heavy (non-hydrogen) atoms. The van der Waals surface area contributed by atoms with E-state index in [-0.39, 0.29) is 30.7 Å². The van der Waals surface area contributed by atoms with Crippen molar-refractivity contribution in [3.63, 3.8) is 0 Å². The second-order valence-electron chi connectivity index (χ2n) is 7.27. The van der Waals surface area contributed by atoms with Crippen LogP contribution in [-0.4, -0.2) is 51.3 Å². The van der Waals surface area contributed by atoms with Gasteiger partial charge >= 0.3 is 0 Å². The van der Waals surface area contributed by atoms with E-state index in [4.69, 9.17) is 15.2 Å². The fourth-order valence-corrected chi connectivity index (χ4v) is 3.34. The summed E-state index contributed by atoms with van der Waals surface area (Å²) in [7, 11) is 1.87. The van der Waals surface area contributed by atoms with Crippen LogP contribution in [0.3, 0.4) is 0 Å². The zero-order valence-corrected chi connectivity index (χ0v) is 18.0. The van der Waals surface area contributed by atoms with Gasteiger partial charge in [-0.05, 0) is 46.2 Å². The Kier molecular flexibility index (Phi) is 5.48. The number of carbonyl (C=O) groups is 1. The smallest absolute Gasteiger partial charge is 0.293 e. The van der Waals surface area contributed by atoms with Gasteiger partial charge < -0.3 is 20.1 Å². The summed E-state index contributed by atoms with van der Waals surface area (Å²) in [5.41, 5.74) is 10.4. The molecule has 0 aliphatic carbocycles. The summed E-state index contributed by atoms with van der Waals surface area (Å²) in [6.45, 7) is 0.437. The van der Waals surface area contributed by atoms with E-state index in [0.29, 0.717) is 17.2 Å². The van der Waals surface area contributed by atoms with Crippen LogP contribution in [0.2, 0.25) is 0 Å². The highest BCUT2D eigenvalue weighted by molar-refractivity contribution is 5.94. The van der Waals surface area contributed by atoms with Crippen LogP contribution in [0.1, 0.15) is 21.7 Å². The van der Waals surface area contributed by atoms with Gasteiger partial charge in [0.25, 0.3) is 5.91 Å². The maximum Gasteiger partial charge on any atom is 0.293 e. The van der Waals surface area contributed by atoms with Gasteiger partial charge in [0.15, 0.2) is 17.2 Å². The third kappa shape index (κ3) is 4.09. The molecule has 0 spiro atoms. The van der Waals surface area contributed by atoms with Gasteiger partial charge in [0.1, 0.15) is 0 Å². The molecule has 172 valence electrons. The molecule has 0 saturated carbocycles. The molecule has 0 unspecified atom stereocenters. The first-order valence-electron chi connectivity index (χ1n) is 10.1. The van der Waals surface area contributed by atoms with Gasteiger partial charge in [-0.15, -0.1) is 5.10 Å². The number of nitrogens with zero attached hydrogens (tertiary/aromatic N) is 7. The zero-order chi connectivity index (χ0) is 23.5. The summed E-state index contributed by atoms with van der Waals surface area (Å²) >= 11 is 0. The van der Waals surface area contributed by atoms with Gasteiger partial charge in [0.2, 0.25) is 18.4 Å². The lowest BCUT2D eigenvalue weighted by Gasteiger charge is -2.19. The fraction of sp³-hybridized carbons (Fsp3) is 0.143. The third-order valence-electron chi connectivity index (χ3n) is 5.03. The molecule has 1 amide bonds. The predicted octanol–water partition coefficient (Wildman–Crippen LogP) is 1.36. The molecule has 4 aromatic rings.